The Balaban J connectivity index is 1.34. The summed E-state index contributed by atoms with van der Waals surface area (Å²) in [4.78, 5) is 15.5. The summed E-state index contributed by atoms with van der Waals surface area (Å²) in [6.45, 7) is 10.1. The summed E-state index contributed by atoms with van der Waals surface area (Å²) in [5, 5.41) is 7.18. The standard InChI is InChI=1S/C23H37N3O5/c1-16-12-18(26(14-16)17-7-10-28-11-8-17)22(27)24-20-13-19(25-31-20)23(2,3)15-30-21-6-4-5-9-29-21/h13,16-18,21H,4-12,14-15H2,1-3H3,(H,24,27)/t16-,18-,21?/m0/s1. The summed E-state index contributed by atoms with van der Waals surface area (Å²) in [6.07, 6.45) is 5.87. The van der Waals surface area contributed by atoms with E-state index in [1.807, 2.05) is 6.07 Å². The molecule has 4 rings (SSSR count). The molecule has 3 atom stereocenters. The van der Waals surface area contributed by atoms with Gasteiger partial charge in [-0.25, -0.2) is 0 Å². The predicted octanol–water partition coefficient (Wildman–Crippen LogP) is 3.32. The summed E-state index contributed by atoms with van der Waals surface area (Å²) < 4.78 is 22.6. The Morgan fingerprint density at radius 2 is 2.06 bits per heavy atom. The van der Waals surface area contributed by atoms with Gasteiger partial charge in [0.1, 0.15) is 0 Å². The zero-order valence-corrected chi connectivity index (χ0v) is 19.1. The summed E-state index contributed by atoms with van der Waals surface area (Å²) in [5.74, 6) is 0.888. The smallest absolute Gasteiger partial charge is 0.244 e. The molecule has 0 aliphatic carbocycles. The van der Waals surface area contributed by atoms with E-state index < -0.39 is 0 Å². The highest BCUT2D eigenvalue weighted by atomic mass is 16.7. The molecule has 174 valence electrons. The van der Waals surface area contributed by atoms with Crippen LogP contribution in [0.2, 0.25) is 0 Å². The van der Waals surface area contributed by atoms with E-state index in [2.05, 4.69) is 36.1 Å². The number of carbonyl (C=O) groups is 1. The van der Waals surface area contributed by atoms with Crippen molar-refractivity contribution < 1.29 is 23.5 Å². The molecule has 0 saturated carbocycles. The zero-order chi connectivity index (χ0) is 21.8. The third-order valence-corrected chi connectivity index (χ3v) is 6.73. The molecule has 8 nitrogen and oxygen atoms in total. The second kappa shape index (κ2) is 9.98. The number of nitrogens with one attached hydrogen (secondary N) is 1. The molecular weight excluding hydrogens is 398 g/mol. The Morgan fingerprint density at radius 1 is 1.26 bits per heavy atom. The van der Waals surface area contributed by atoms with Crippen molar-refractivity contribution in [2.75, 3.05) is 38.3 Å². The van der Waals surface area contributed by atoms with Gasteiger partial charge in [0.2, 0.25) is 11.8 Å². The van der Waals surface area contributed by atoms with E-state index in [1.54, 1.807) is 0 Å². The summed E-state index contributed by atoms with van der Waals surface area (Å²) in [7, 11) is 0. The summed E-state index contributed by atoms with van der Waals surface area (Å²) in [5.41, 5.74) is 0.420. The highest BCUT2D eigenvalue weighted by molar-refractivity contribution is 5.94. The first-order valence-electron chi connectivity index (χ1n) is 11.8. The van der Waals surface area contributed by atoms with Gasteiger partial charge in [0.05, 0.1) is 18.3 Å². The molecule has 3 aliphatic rings. The molecule has 3 fully saturated rings. The molecule has 31 heavy (non-hydrogen) atoms. The Bertz CT molecular complexity index is 725. The average Bonchev–Trinajstić information content (AvgIpc) is 3.41. The number of rotatable bonds is 7. The molecule has 1 N–H and O–H groups in total. The van der Waals surface area contributed by atoms with Crippen LogP contribution in [0.25, 0.3) is 0 Å². The van der Waals surface area contributed by atoms with Crippen molar-refractivity contribution in [3.63, 3.8) is 0 Å². The molecule has 0 aromatic carbocycles. The number of anilines is 1. The molecule has 3 aliphatic heterocycles. The molecule has 8 heteroatoms. The minimum absolute atomic E-state index is 0.0109. The van der Waals surface area contributed by atoms with E-state index in [0.717, 1.165) is 70.6 Å². The number of amides is 1. The Kier molecular flexibility index (Phi) is 7.31. The molecule has 1 aromatic heterocycles. The van der Waals surface area contributed by atoms with Gasteiger partial charge in [0.15, 0.2) is 6.29 Å². The van der Waals surface area contributed by atoms with Crippen molar-refractivity contribution in [2.45, 2.75) is 83.1 Å². The van der Waals surface area contributed by atoms with Crippen LogP contribution in [-0.2, 0) is 24.4 Å². The van der Waals surface area contributed by atoms with Gasteiger partial charge in [-0.15, -0.1) is 0 Å². The number of ether oxygens (including phenoxy) is 3. The van der Waals surface area contributed by atoms with Gasteiger partial charge in [0, 0.05) is 43.9 Å². The van der Waals surface area contributed by atoms with E-state index in [9.17, 15) is 4.79 Å². The maximum atomic E-state index is 13.1. The number of carbonyl (C=O) groups excluding carboxylic acids is 1. The Morgan fingerprint density at radius 3 is 2.81 bits per heavy atom. The SMILES string of the molecule is C[C@H]1C[C@@H](C(=O)Nc2cc(C(C)(C)COC3CCCCO3)no2)N(C2CCOCC2)C1. The van der Waals surface area contributed by atoms with Crippen molar-refractivity contribution in [2.24, 2.45) is 5.92 Å². The second-order valence-corrected chi connectivity index (χ2v) is 9.95. The summed E-state index contributed by atoms with van der Waals surface area (Å²) in [6, 6.07) is 2.10. The van der Waals surface area contributed by atoms with Crippen molar-refractivity contribution >= 4 is 11.8 Å². The molecular formula is C23H37N3O5. The maximum absolute atomic E-state index is 13.1. The number of likely N-dealkylation sites (tertiary alicyclic amines) is 1. The van der Waals surface area contributed by atoms with Gasteiger partial charge in [0.25, 0.3) is 0 Å². The lowest BCUT2D eigenvalue weighted by Gasteiger charge is -2.34. The van der Waals surface area contributed by atoms with Crippen LogP contribution in [0.4, 0.5) is 5.88 Å². The van der Waals surface area contributed by atoms with Crippen LogP contribution >= 0.6 is 0 Å². The molecule has 1 amide bonds. The van der Waals surface area contributed by atoms with Gasteiger partial charge in [-0.05, 0) is 44.4 Å². The summed E-state index contributed by atoms with van der Waals surface area (Å²) >= 11 is 0. The molecule has 1 aromatic rings. The lowest BCUT2D eigenvalue weighted by Crippen LogP contribution is -2.47. The second-order valence-electron chi connectivity index (χ2n) is 9.95. The fraction of sp³-hybridized carbons (Fsp3) is 0.826. The fourth-order valence-electron chi connectivity index (χ4n) is 4.83. The largest absolute Gasteiger partial charge is 0.381 e. The van der Waals surface area contributed by atoms with E-state index in [1.165, 1.54) is 0 Å². The zero-order valence-electron chi connectivity index (χ0n) is 19.1. The van der Waals surface area contributed by atoms with Crippen LogP contribution in [0.5, 0.6) is 0 Å². The molecule has 0 bridgehead atoms. The first-order chi connectivity index (χ1) is 14.9. The quantitative estimate of drug-likeness (QED) is 0.703. The Labute approximate surface area is 184 Å². The maximum Gasteiger partial charge on any atom is 0.244 e. The van der Waals surface area contributed by atoms with Crippen LogP contribution in [0.3, 0.4) is 0 Å². The first kappa shape index (κ1) is 22.7. The number of hydrogen-bond acceptors (Lipinski definition) is 7. The molecule has 1 unspecified atom stereocenters. The Hall–Kier alpha value is -1.48. The van der Waals surface area contributed by atoms with Crippen molar-refractivity contribution in [3.05, 3.63) is 11.8 Å². The number of hydrogen-bond donors (Lipinski definition) is 1. The number of aromatic nitrogens is 1. The normalized spacial score (nSPS) is 28.7. The lowest BCUT2D eigenvalue weighted by molar-refractivity contribution is -0.170. The van der Waals surface area contributed by atoms with Crippen LogP contribution in [0.1, 0.15) is 65.0 Å². The van der Waals surface area contributed by atoms with Crippen molar-refractivity contribution in [1.82, 2.24) is 10.1 Å². The number of nitrogens with zero attached hydrogens (tertiary/aromatic N) is 2. The molecule has 0 spiro atoms. The third kappa shape index (κ3) is 5.66. The van der Waals surface area contributed by atoms with Crippen LogP contribution in [0, 0.1) is 5.92 Å². The van der Waals surface area contributed by atoms with Crippen molar-refractivity contribution in [3.8, 4) is 0 Å². The predicted molar refractivity (Wildman–Crippen MR) is 116 cm³/mol. The molecule has 0 radical (unpaired) electrons. The highest BCUT2D eigenvalue weighted by Crippen LogP contribution is 2.31. The van der Waals surface area contributed by atoms with Gasteiger partial charge in [-0.2, -0.15) is 0 Å². The van der Waals surface area contributed by atoms with Crippen LogP contribution < -0.4 is 5.32 Å². The van der Waals surface area contributed by atoms with Gasteiger partial charge < -0.3 is 18.7 Å². The van der Waals surface area contributed by atoms with Crippen molar-refractivity contribution in [1.29, 1.82) is 0 Å². The van der Waals surface area contributed by atoms with Gasteiger partial charge >= 0.3 is 0 Å². The van der Waals surface area contributed by atoms with Gasteiger partial charge in [-0.1, -0.05) is 25.9 Å². The first-order valence-corrected chi connectivity index (χ1v) is 11.8. The minimum atomic E-state index is -0.344. The van der Waals surface area contributed by atoms with E-state index in [-0.39, 0.29) is 23.7 Å². The fourth-order valence-corrected chi connectivity index (χ4v) is 4.83. The van der Waals surface area contributed by atoms with E-state index in [4.69, 9.17) is 18.7 Å². The third-order valence-electron chi connectivity index (χ3n) is 6.73. The van der Waals surface area contributed by atoms with E-state index in [0.29, 0.717) is 24.5 Å². The topological polar surface area (TPSA) is 86.1 Å². The lowest BCUT2D eigenvalue weighted by atomic mass is 9.90. The van der Waals surface area contributed by atoms with Crippen LogP contribution in [-0.4, -0.2) is 67.3 Å². The van der Waals surface area contributed by atoms with Gasteiger partial charge in [-0.3, -0.25) is 15.0 Å². The monoisotopic (exact) mass is 435 g/mol. The minimum Gasteiger partial charge on any atom is -0.381 e. The molecule has 4 heterocycles. The highest BCUT2D eigenvalue weighted by Gasteiger charge is 2.39. The van der Waals surface area contributed by atoms with Crippen LogP contribution in [0.15, 0.2) is 10.6 Å². The van der Waals surface area contributed by atoms with E-state index >= 15 is 0 Å². The molecule has 3 saturated heterocycles. The average molecular weight is 436 g/mol.